The van der Waals surface area contributed by atoms with E-state index in [1.54, 1.807) is 7.05 Å². The van der Waals surface area contributed by atoms with E-state index in [9.17, 15) is 4.21 Å². The van der Waals surface area contributed by atoms with E-state index in [0.717, 1.165) is 27.5 Å². The van der Waals surface area contributed by atoms with Crippen molar-refractivity contribution in [3.05, 3.63) is 77.6 Å². The highest BCUT2D eigenvalue weighted by Crippen LogP contribution is 2.16. The molecule has 0 spiro atoms. The molecule has 0 fully saturated rings. The van der Waals surface area contributed by atoms with E-state index in [4.69, 9.17) is 0 Å². The summed E-state index contributed by atoms with van der Waals surface area (Å²) in [6, 6.07) is 19.8. The van der Waals surface area contributed by atoms with Gasteiger partial charge in [0.05, 0.1) is 22.2 Å². The lowest BCUT2D eigenvalue weighted by molar-refractivity contribution is 0.681. The van der Waals surface area contributed by atoms with E-state index < -0.39 is 10.8 Å². The summed E-state index contributed by atoms with van der Waals surface area (Å²) in [7, 11) is 0.705. The van der Waals surface area contributed by atoms with Crippen LogP contribution in [0.2, 0.25) is 0 Å². The summed E-state index contributed by atoms with van der Waals surface area (Å²) in [5.74, 6) is 1.20. The van der Waals surface area contributed by atoms with Crippen LogP contribution in [0.15, 0.2) is 70.6 Å². The average molecular weight is 537 g/mol. The molecule has 2 N–H and O–H groups in total. The Labute approximate surface area is 197 Å². The van der Waals surface area contributed by atoms with E-state index >= 15 is 0 Å². The number of aliphatic imine (C=N–C) groups is 1. The maximum Gasteiger partial charge on any atom is 0.191 e. The summed E-state index contributed by atoms with van der Waals surface area (Å²) in [4.78, 5) is 5.11. The van der Waals surface area contributed by atoms with Gasteiger partial charge in [-0.2, -0.15) is 5.10 Å². The Bertz CT molecular complexity index is 1000. The van der Waals surface area contributed by atoms with Gasteiger partial charge in [0.25, 0.3) is 0 Å². The number of nitrogens with one attached hydrogen (secondary N) is 2. The first kappa shape index (κ1) is 24.1. The zero-order chi connectivity index (χ0) is 20.6. The van der Waals surface area contributed by atoms with Crippen molar-refractivity contribution in [3.63, 3.8) is 0 Å². The van der Waals surface area contributed by atoms with Gasteiger partial charge in [0.15, 0.2) is 5.96 Å². The highest BCUT2D eigenvalue weighted by atomic mass is 127. The summed E-state index contributed by atoms with van der Waals surface area (Å²) in [6.07, 6.45) is 0. The van der Waals surface area contributed by atoms with E-state index in [-0.39, 0.29) is 24.0 Å². The van der Waals surface area contributed by atoms with Gasteiger partial charge in [-0.05, 0) is 43.7 Å². The summed E-state index contributed by atoms with van der Waals surface area (Å²) >= 11 is 0. The topological polar surface area (TPSA) is 71.3 Å². The average Bonchev–Trinajstić information content (AvgIpc) is 3.09. The molecule has 160 valence electrons. The molecule has 0 amide bonds. The smallest absolute Gasteiger partial charge is 0.191 e. The lowest BCUT2D eigenvalue weighted by Gasteiger charge is -2.15. The summed E-state index contributed by atoms with van der Waals surface area (Å²) in [5.41, 5.74) is 4.26. The van der Waals surface area contributed by atoms with Gasteiger partial charge in [0.1, 0.15) is 0 Å². The Morgan fingerprint density at radius 2 is 1.77 bits per heavy atom. The van der Waals surface area contributed by atoms with Gasteiger partial charge in [-0.15, -0.1) is 24.0 Å². The third-order valence-corrected chi connectivity index (χ3v) is 5.86. The maximum absolute atomic E-state index is 12.3. The van der Waals surface area contributed by atoms with Crippen molar-refractivity contribution >= 4 is 40.7 Å². The highest BCUT2D eigenvalue weighted by molar-refractivity contribution is 14.0. The number of nitrogens with zero attached hydrogens (tertiary/aromatic N) is 3. The minimum atomic E-state index is -1.03. The number of para-hydroxylation sites is 1. The molecule has 30 heavy (non-hydrogen) atoms. The molecule has 0 aliphatic heterocycles. The van der Waals surface area contributed by atoms with Crippen LogP contribution in [0.4, 0.5) is 0 Å². The van der Waals surface area contributed by atoms with Crippen LogP contribution in [0.1, 0.15) is 17.0 Å². The monoisotopic (exact) mass is 537 g/mol. The number of rotatable bonds is 7. The second-order valence-electron chi connectivity index (χ2n) is 6.68. The Hall–Kier alpha value is -2.20. The number of guanidine groups is 1. The van der Waals surface area contributed by atoms with Crippen LogP contribution >= 0.6 is 24.0 Å². The van der Waals surface area contributed by atoms with Crippen molar-refractivity contribution in [1.82, 2.24) is 20.4 Å². The van der Waals surface area contributed by atoms with Gasteiger partial charge in [-0.25, -0.2) is 4.68 Å². The normalized spacial score (nSPS) is 12.2. The van der Waals surface area contributed by atoms with E-state index in [0.29, 0.717) is 24.8 Å². The largest absolute Gasteiger partial charge is 0.355 e. The van der Waals surface area contributed by atoms with Crippen molar-refractivity contribution in [1.29, 1.82) is 0 Å². The predicted octanol–water partition coefficient (Wildman–Crippen LogP) is 3.58. The molecule has 0 saturated carbocycles. The number of benzene rings is 2. The van der Waals surface area contributed by atoms with Crippen LogP contribution in [0.5, 0.6) is 0 Å². The molecule has 1 heterocycles. The van der Waals surface area contributed by atoms with Gasteiger partial charge >= 0.3 is 0 Å². The van der Waals surface area contributed by atoms with Gasteiger partial charge in [-0.3, -0.25) is 9.20 Å². The first-order valence-electron chi connectivity index (χ1n) is 9.58. The Balaban J connectivity index is 0.00000320. The number of halogens is 1. The summed E-state index contributed by atoms with van der Waals surface area (Å²) < 4.78 is 14.3. The molecule has 1 unspecified atom stereocenters. The van der Waals surface area contributed by atoms with Gasteiger partial charge in [0.2, 0.25) is 0 Å². The Kier molecular flexibility index (Phi) is 9.51. The van der Waals surface area contributed by atoms with Crippen LogP contribution in [0, 0.1) is 13.8 Å². The number of hydrogen-bond acceptors (Lipinski definition) is 3. The molecular formula is C22H28IN5OS. The Morgan fingerprint density at radius 1 is 1.07 bits per heavy atom. The molecule has 3 aromatic rings. The van der Waals surface area contributed by atoms with E-state index in [2.05, 4.69) is 45.8 Å². The molecule has 8 heteroatoms. The predicted molar refractivity (Wildman–Crippen MR) is 134 cm³/mol. The first-order valence-corrected chi connectivity index (χ1v) is 10.9. The molecule has 1 atom stereocenters. The van der Waals surface area contributed by atoms with Crippen molar-refractivity contribution in [3.8, 4) is 5.69 Å². The second-order valence-corrected chi connectivity index (χ2v) is 8.25. The van der Waals surface area contributed by atoms with Gasteiger partial charge in [-0.1, -0.05) is 36.4 Å². The van der Waals surface area contributed by atoms with E-state index in [1.807, 2.05) is 54.1 Å². The number of aryl methyl sites for hydroxylation is 2. The van der Waals surface area contributed by atoms with Crippen LogP contribution < -0.4 is 10.6 Å². The number of aromatic nitrogens is 2. The SMILES string of the molecule is CN=C(NCCS(=O)c1ccccc1)NCc1ccccc1-n1nc(C)cc1C.I. The first-order chi connectivity index (χ1) is 14.1. The molecule has 3 rings (SSSR count). The lowest BCUT2D eigenvalue weighted by Crippen LogP contribution is -2.38. The van der Waals surface area contributed by atoms with Crippen LogP contribution in [0.25, 0.3) is 5.69 Å². The fourth-order valence-corrected chi connectivity index (χ4v) is 4.08. The van der Waals surface area contributed by atoms with Crippen molar-refractivity contribution < 1.29 is 4.21 Å². The second kappa shape index (κ2) is 11.8. The summed E-state index contributed by atoms with van der Waals surface area (Å²) in [6.45, 7) is 5.23. The standard InChI is InChI=1S/C22H27N5OS.HI/c1-17-15-18(2)27(26-17)21-12-8-7-9-19(21)16-25-22(23-3)24-13-14-29(28)20-10-5-4-6-11-20;/h4-12,15H,13-14,16H2,1-3H3,(H2,23,24,25);1H. The molecule has 0 bridgehead atoms. The van der Waals surface area contributed by atoms with Gasteiger partial charge in [0, 0.05) is 36.5 Å². The zero-order valence-corrected chi connectivity index (χ0v) is 20.6. The molecule has 0 aliphatic carbocycles. The van der Waals surface area contributed by atoms with Gasteiger partial charge < -0.3 is 10.6 Å². The van der Waals surface area contributed by atoms with Crippen molar-refractivity contribution in [2.45, 2.75) is 25.3 Å². The molecular weight excluding hydrogens is 509 g/mol. The molecule has 0 radical (unpaired) electrons. The molecule has 6 nitrogen and oxygen atoms in total. The minimum Gasteiger partial charge on any atom is -0.355 e. The third-order valence-electron chi connectivity index (χ3n) is 4.49. The number of hydrogen-bond donors (Lipinski definition) is 2. The zero-order valence-electron chi connectivity index (χ0n) is 17.5. The summed E-state index contributed by atoms with van der Waals surface area (Å²) in [5, 5.41) is 11.2. The van der Waals surface area contributed by atoms with Crippen LogP contribution in [-0.4, -0.2) is 39.3 Å². The highest BCUT2D eigenvalue weighted by Gasteiger charge is 2.09. The quantitative estimate of drug-likeness (QED) is 0.275. The third kappa shape index (κ3) is 6.40. The van der Waals surface area contributed by atoms with Crippen molar-refractivity contribution in [2.24, 2.45) is 4.99 Å². The molecule has 0 saturated heterocycles. The molecule has 2 aromatic carbocycles. The van der Waals surface area contributed by atoms with E-state index in [1.165, 1.54) is 0 Å². The van der Waals surface area contributed by atoms with Crippen molar-refractivity contribution in [2.75, 3.05) is 19.3 Å². The minimum absolute atomic E-state index is 0. The van der Waals surface area contributed by atoms with Crippen LogP contribution in [0.3, 0.4) is 0 Å². The Morgan fingerprint density at radius 3 is 2.43 bits per heavy atom. The fourth-order valence-electron chi connectivity index (χ4n) is 3.09. The maximum atomic E-state index is 12.3. The molecule has 0 aliphatic rings. The lowest BCUT2D eigenvalue weighted by atomic mass is 10.1. The molecule has 1 aromatic heterocycles. The fraction of sp³-hybridized carbons (Fsp3) is 0.273. The van der Waals surface area contributed by atoms with Crippen LogP contribution in [-0.2, 0) is 17.3 Å².